The van der Waals surface area contributed by atoms with Gasteiger partial charge in [-0.05, 0) is 24.6 Å². The molecule has 0 fully saturated rings. The van der Waals surface area contributed by atoms with E-state index in [9.17, 15) is 10.4 Å². The summed E-state index contributed by atoms with van der Waals surface area (Å²) in [6, 6.07) is 0. The van der Waals surface area contributed by atoms with Crippen molar-refractivity contribution in [2.75, 3.05) is 26.3 Å². The molecule has 0 spiro atoms. The van der Waals surface area contributed by atoms with Crippen molar-refractivity contribution < 1.29 is 20.0 Å². The maximum absolute atomic E-state index is 9.43. The zero-order valence-electron chi connectivity index (χ0n) is 19.3. The molecule has 0 atom stereocenters. The summed E-state index contributed by atoms with van der Waals surface area (Å²) in [7, 11) is 0. The van der Waals surface area contributed by atoms with Crippen LogP contribution in [0.25, 0.3) is 0 Å². The minimum absolute atomic E-state index is 0.333. The van der Waals surface area contributed by atoms with E-state index in [0.717, 1.165) is 32.5 Å². The second kappa shape index (κ2) is 21.5. The molecule has 4 heteroatoms. The monoisotopic (exact) mass is 402 g/mol. The molecule has 0 aliphatic heterocycles. The first-order valence-corrected chi connectivity index (χ1v) is 12.5. The van der Waals surface area contributed by atoms with Gasteiger partial charge in [-0.25, -0.2) is 0 Å². The van der Waals surface area contributed by atoms with Crippen LogP contribution in [0, 0.1) is 0 Å². The van der Waals surface area contributed by atoms with Crippen molar-refractivity contribution >= 4 is 0 Å². The summed E-state index contributed by atoms with van der Waals surface area (Å²) < 4.78 is 5.63. The van der Waals surface area contributed by atoms with Gasteiger partial charge in [-0.2, -0.15) is 10.4 Å². The second-order valence-corrected chi connectivity index (χ2v) is 8.54. The summed E-state index contributed by atoms with van der Waals surface area (Å²) in [4.78, 5) is -0.862. The highest BCUT2D eigenvalue weighted by Gasteiger charge is 2.17. The van der Waals surface area contributed by atoms with Gasteiger partial charge in [-0.1, -0.05) is 103 Å². The van der Waals surface area contributed by atoms with E-state index >= 15 is 0 Å². The third kappa shape index (κ3) is 22.1. The average molecular weight is 403 g/mol. The highest BCUT2D eigenvalue weighted by Crippen LogP contribution is 2.13. The Morgan fingerprint density at radius 3 is 1.25 bits per heavy atom. The molecule has 0 aromatic carbocycles. The zero-order valence-corrected chi connectivity index (χ0v) is 19.3. The number of hydrogen-bond acceptors (Lipinski definition) is 3. The van der Waals surface area contributed by atoms with Crippen molar-refractivity contribution in [1.82, 2.24) is 0 Å². The van der Waals surface area contributed by atoms with E-state index in [-0.39, 0.29) is 0 Å². The fourth-order valence-electron chi connectivity index (χ4n) is 3.58. The second-order valence-electron chi connectivity index (χ2n) is 8.54. The molecule has 0 bridgehead atoms. The van der Waals surface area contributed by atoms with E-state index in [1.165, 1.54) is 96.3 Å². The van der Waals surface area contributed by atoms with E-state index in [0.29, 0.717) is 13.1 Å². The normalized spacial score (nSPS) is 12.0. The van der Waals surface area contributed by atoms with Crippen LogP contribution >= 0.6 is 0 Å². The fourth-order valence-corrected chi connectivity index (χ4v) is 3.58. The summed E-state index contributed by atoms with van der Waals surface area (Å²) in [6.45, 7) is 6.37. The Morgan fingerprint density at radius 1 is 0.500 bits per heavy atom. The number of quaternary nitrogens is 1. The van der Waals surface area contributed by atoms with Crippen LogP contribution < -0.4 is 0 Å². The lowest BCUT2D eigenvalue weighted by atomic mass is 10.0. The van der Waals surface area contributed by atoms with Crippen LogP contribution in [0.2, 0.25) is 0 Å². The molecule has 170 valence electrons. The standard InChI is InChI=1S/C24H52NO3/c1-3-5-6-7-8-9-10-11-12-13-14-15-16-17-18-20-23-28-24-21-19-22-25(26,27)4-2/h26-27H,3-24H2,1-2H3/q+1. The predicted molar refractivity (Wildman–Crippen MR) is 119 cm³/mol. The van der Waals surface area contributed by atoms with Gasteiger partial charge >= 0.3 is 0 Å². The van der Waals surface area contributed by atoms with Crippen molar-refractivity contribution in [3.8, 4) is 0 Å². The SMILES string of the molecule is CCCCCCCCCCCCCCCCCCOCCCC[N+](O)(O)CC. The van der Waals surface area contributed by atoms with Gasteiger partial charge in [0, 0.05) is 19.6 Å². The highest BCUT2D eigenvalue weighted by atomic mass is 16.8. The van der Waals surface area contributed by atoms with Gasteiger partial charge in [-0.15, -0.1) is 0 Å². The molecule has 0 amide bonds. The van der Waals surface area contributed by atoms with Gasteiger partial charge in [0.25, 0.3) is 0 Å². The Labute approximate surface area is 176 Å². The number of ether oxygens (including phenoxy) is 1. The summed E-state index contributed by atoms with van der Waals surface area (Å²) in [6.07, 6.45) is 24.0. The summed E-state index contributed by atoms with van der Waals surface area (Å²) in [5.41, 5.74) is 0. The smallest absolute Gasteiger partial charge is 0.142 e. The minimum atomic E-state index is -0.862. The molecule has 0 aliphatic rings. The third-order valence-corrected chi connectivity index (χ3v) is 5.70. The maximum atomic E-state index is 9.43. The number of rotatable bonds is 23. The van der Waals surface area contributed by atoms with Crippen LogP contribution in [0.15, 0.2) is 0 Å². The third-order valence-electron chi connectivity index (χ3n) is 5.70. The first kappa shape index (κ1) is 27.8. The van der Waals surface area contributed by atoms with E-state index in [1.54, 1.807) is 6.92 Å². The molecule has 0 saturated carbocycles. The summed E-state index contributed by atoms with van der Waals surface area (Å²) in [5.74, 6) is 0. The Kier molecular flexibility index (Phi) is 21.4. The van der Waals surface area contributed by atoms with E-state index in [2.05, 4.69) is 6.92 Å². The van der Waals surface area contributed by atoms with Crippen molar-refractivity contribution in [1.29, 1.82) is 0 Å². The fraction of sp³-hybridized carbons (Fsp3) is 1.00. The van der Waals surface area contributed by atoms with Crippen LogP contribution in [0.3, 0.4) is 0 Å². The van der Waals surface area contributed by atoms with Crippen LogP contribution in [0.1, 0.15) is 129 Å². The first-order chi connectivity index (χ1) is 13.6. The molecule has 0 saturated heterocycles. The molecular weight excluding hydrogens is 350 g/mol. The van der Waals surface area contributed by atoms with Crippen molar-refractivity contribution in [3.63, 3.8) is 0 Å². The molecule has 0 heterocycles. The van der Waals surface area contributed by atoms with Crippen LogP contribution in [0.5, 0.6) is 0 Å². The Balaban J connectivity index is 3.05. The van der Waals surface area contributed by atoms with E-state index in [1.807, 2.05) is 0 Å². The average Bonchev–Trinajstić information content (AvgIpc) is 2.69. The zero-order chi connectivity index (χ0) is 20.8. The lowest BCUT2D eigenvalue weighted by Gasteiger charge is -2.18. The number of hydroxylamine groups is 4. The largest absolute Gasteiger partial charge is 0.381 e. The number of nitrogens with zero attached hydrogens (tertiary/aromatic N) is 1. The molecule has 2 N–H and O–H groups in total. The molecule has 0 rings (SSSR count). The van der Waals surface area contributed by atoms with Crippen LogP contribution in [-0.2, 0) is 4.74 Å². The molecule has 4 nitrogen and oxygen atoms in total. The molecule has 0 aromatic heterocycles. The van der Waals surface area contributed by atoms with E-state index < -0.39 is 4.81 Å². The van der Waals surface area contributed by atoms with Gasteiger partial charge in [0.15, 0.2) is 0 Å². The minimum Gasteiger partial charge on any atom is -0.381 e. The van der Waals surface area contributed by atoms with Gasteiger partial charge < -0.3 is 4.74 Å². The molecule has 0 radical (unpaired) electrons. The molecule has 0 unspecified atom stereocenters. The van der Waals surface area contributed by atoms with Crippen molar-refractivity contribution in [3.05, 3.63) is 0 Å². The van der Waals surface area contributed by atoms with Crippen LogP contribution in [0.4, 0.5) is 0 Å². The van der Waals surface area contributed by atoms with Crippen molar-refractivity contribution in [2.24, 2.45) is 0 Å². The van der Waals surface area contributed by atoms with Gasteiger partial charge in [0.1, 0.15) is 13.1 Å². The molecule has 0 aliphatic carbocycles. The molecule has 28 heavy (non-hydrogen) atoms. The Hall–Kier alpha value is -0.160. The Bertz CT molecular complexity index is 298. The molecule has 0 aromatic rings. The summed E-state index contributed by atoms with van der Waals surface area (Å²) in [5, 5.41) is 18.9. The van der Waals surface area contributed by atoms with Gasteiger partial charge in [-0.3, -0.25) is 0 Å². The van der Waals surface area contributed by atoms with Crippen molar-refractivity contribution in [2.45, 2.75) is 129 Å². The maximum Gasteiger partial charge on any atom is 0.142 e. The van der Waals surface area contributed by atoms with Gasteiger partial charge in [0.2, 0.25) is 0 Å². The number of hydrogen-bond donors (Lipinski definition) is 2. The topological polar surface area (TPSA) is 49.7 Å². The number of unbranched alkanes of at least 4 members (excludes halogenated alkanes) is 16. The molecular formula is C24H52NO3+. The predicted octanol–water partition coefficient (Wildman–Crippen LogP) is 7.66. The first-order valence-electron chi connectivity index (χ1n) is 12.5. The van der Waals surface area contributed by atoms with E-state index in [4.69, 9.17) is 4.74 Å². The quantitative estimate of drug-likeness (QED) is 0.105. The summed E-state index contributed by atoms with van der Waals surface area (Å²) >= 11 is 0. The Morgan fingerprint density at radius 2 is 0.857 bits per heavy atom. The highest BCUT2D eigenvalue weighted by molar-refractivity contribution is 4.50. The lowest BCUT2D eigenvalue weighted by Crippen LogP contribution is -2.41. The van der Waals surface area contributed by atoms with Crippen LogP contribution in [-0.4, -0.2) is 41.5 Å². The van der Waals surface area contributed by atoms with Gasteiger partial charge in [0.05, 0.1) is 0 Å². The lowest BCUT2D eigenvalue weighted by molar-refractivity contribution is -1.24.